The molecule has 2 aliphatic rings. The van der Waals surface area contributed by atoms with Crippen LogP contribution in [-0.4, -0.2) is 15.8 Å². The first kappa shape index (κ1) is 63.4. The minimum absolute atomic E-state index is 0.116. The van der Waals surface area contributed by atoms with Gasteiger partial charge in [-0.2, -0.15) is 0 Å². The Bertz CT molecular complexity index is 6430. The van der Waals surface area contributed by atoms with Gasteiger partial charge in [0.05, 0.1) is 40.3 Å². The topological polar surface area (TPSA) is 16.3 Å². The van der Waals surface area contributed by atoms with Crippen molar-refractivity contribution in [3.8, 4) is 67.0 Å². The average molecular weight is 1420 g/mol. The molecule has 5 heteroatoms. The van der Waals surface area contributed by atoms with E-state index in [0.29, 0.717) is 5.56 Å². The van der Waals surface area contributed by atoms with Gasteiger partial charge >= 0.3 is 0 Å². The Kier molecular flexibility index (Phi) is 14.8. The summed E-state index contributed by atoms with van der Waals surface area (Å²) in [6.07, 6.45) is 0. The summed E-state index contributed by atoms with van der Waals surface area (Å²) in [5, 5.41) is 4.61. The fourth-order valence-corrected chi connectivity index (χ4v) is 17.2. The van der Waals surface area contributed by atoms with Crippen molar-refractivity contribution in [2.24, 2.45) is 0 Å². The minimum Gasteiger partial charge on any atom is -0.310 e. The molecular formula is C104H95BN4. The molecule has 109 heavy (non-hydrogen) atoms. The molecule has 0 aliphatic carbocycles. The van der Waals surface area contributed by atoms with Crippen molar-refractivity contribution < 1.29 is 6.85 Å². The van der Waals surface area contributed by atoms with Crippen LogP contribution in [0.25, 0.3) is 111 Å². The Morgan fingerprint density at radius 2 is 0.688 bits per heavy atom. The minimum atomic E-state index is -0.475. The van der Waals surface area contributed by atoms with E-state index in [4.69, 9.17) is 1.37 Å². The van der Waals surface area contributed by atoms with E-state index >= 15 is 0 Å². The highest BCUT2D eigenvalue weighted by atomic mass is 15.2. The van der Waals surface area contributed by atoms with Gasteiger partial charge in [0.2, 0.25) is 0 Å². The largest absolute Gasteiger partial charge is 0.310 e. The molecule has 0 saturated carbocycles. The Hall–Kier alpha value is -11.7. The van der Waals surface area contributed by atoms with Crippen LogP contribution >= 0.6 is 0 Å². The van der Waals surface area contributed by atoms with Crippen molar-refractivity contribution in [3.63, 3.8) is 0 Å². The number of para-hydroxylation sites is 2. The lowest BCUT2D eigenvalue weighted by Gasteiger charge is -2.46. The molecule has 0 fully saturated rings. The summed E-state index contributed by atoms with van der Waals surface area (Å²) >= 11 is 0. The van der Waals surface area contributed by atoms with Crippen molar-refractivity contribution in [3.05, 3.63) is 331 Å². The van der Waals surface area contributed by atoms with Gasteiger partial charge < -0.3 is 18.9 Å². The maximum atomic E-state index is 9.78. The van der Waals surface area contributed by atoms with Crippen LogP contribution in [0.1, 0.15) is 139 Å². The van der Waals surface area contributed by atoms with Crippen molar-refractivity contribution >= 4 is 101 Å². The number of nitrogens with zero attached hydrogens (tertiary/aromatic N) is 4. The number of hydrogen-bond donors (Lipinski definition) is 0. The van der Waals surface area contributed by atoms with Crippen LogP contribution in [0.2, 0.25) is 0 Å². The summed E-state index contributed by atoms with van der Waals surface area (Å²) < 4.78 is 51.9. The molecule has 4 nitrogen and oxygen atoms in total. The molecule has 534 valence electrons. The number of benzene rings is 14. The van der Waals surface area contributed by atoms with Crippen LogP contribution < -0.4 is 26.2 Å². The fourth-order valence-electron chi connectivity index (χ4n) is 17.2. The summed E-state index contributed by atoms with van der Waals surface area (Å²) in [6, 6.07) is 100. The van der Waals surface area contributed by atoms with Gasteiger partial charge in [0.1, 0.15) is 0 Å². The molecule has 0 atom stereocenters. The lowest BCUT2D eigenvalue weighted by Crippen LogP contribution is -2.61. The lowest BCUT2D eigenvalue weighted by atomic mass is 9.33. The second-order valence-corrected chi connectivity index (χ2v) is 35.5. The standard InChI is InChI=1S/C104H95BN4/c1-100(2,3)73-46-52-89-84(61-73)85-62-74(101(4,5)6)47-53-90(85)107(89)79-48-51-87-93(65-79)109(99-80(67-35-23-17-24-36-67)49-54-91-96(99)81-43-31-32-44-88(81)106(91)78-41-29-20-30-42-78)95-59-72(71-55-75(102(7,8)9)60-76(56-71)103(10,11)12)58-94-97(95)105(87)86-50-45-70(66-33-21-16-22-34-66)57-92(86)108(94)98-82(68-37-25-18-26-38-68)63-77(104(13,14)15)64-83(98)69-39-27-19-28-40-69/h16-65H,1-15H3/i16D,21D,22D,33D,34D. The molecule has 2 aromatic heterocycles. The Balaban J connectivity index is 1.08. The van der Waals surface area contributed by atoms with Gasteiger partial charge in [0, 0.05) is 72.4 Å². The third-order valence-electron chi connectivity index (χ3n) is 23.1. The predicted molar refractivity (Wildman–Crippen MR) is 470 cm³/mol. The fraction of sp³-hybridized carbons (Fsp3) is 0.192. The zero-order chi connectivity index (χ0) is 79.7. The molecule has 0 bridgehead atoms. The zero-order valence-electron chi connectivity index (χ0n) is 70.3. The van der Waals surface area contributed by atoms with Gasteiger partial charge in [0.25, 0.3) is 6.71 Å². The third kappa shape index (κ3) is 11.7. The van der Waals surface area contributed by atoms with Crippen molar-refractivity contribution in [2.75, 3.05) is 9.80 Å². The van der Waals surface area contributed by atoms with Crippen LogP contribution in [-0.2, 0) is 27.1 Å². The van der Waals surface area contributed by atoms with Crippen molar-refractivity contribution in [1.82, 2.24) is 9.13 Å². The molecular weight excluding hydrogens is 1320 g/mol. The molecule has 0 spiro atoms. The molecule has 2 aliphatic heterocycles. The highest BCUT2D eigenvalue weighted by Crippen LogP contribution is 2.56. The van der Waals surface area contributed by atoms with Gasteiger partial charge in [-0.25, -0.2) is 0 Å². The highest BCUT2D eigenvalue weighted by molar-refractivity contribution is 7.00. The lowest BCUT2D eigenvalue weighted by molar-refractivity contribution is 0.569. The molecule has 0 amide bonds. The van der Waals surface area contributed by atoms with Crippen LogP contribution in [0.3, 0.4) is 0 Å². The average Bonchev–Trinajstić information content (AvgIpc) is 1.14. The van der Waals surface area contributed by atoms with Crippen LogP contribution in [0.15, 0.2) is 303 Å². The van der Waals surface area contributed by atoms with Gasteiger partial charge in [-0.05, 0) is 201 Å². The van der Waals surface area contributed by atoms with Crippen molar-refractivity contribution in [1.29, 1.82) is 0 Å². The summed E-state index contributed by atoms with van der Waals surface area (Å²) in [5.74, 6) is 0. The number of anilines is 6. The summed E-state index contributed by atoms with van der Waals surface area (Å²) in [4.78, 5) is 5.20. The Labute approximate surface area is 651 Å². The molecule has 18 rings (SSSR count). The summed E-state index contributed by atoms with van der Waals surface area (Å²) in [5.41, 5.74) is 29.4. The maximum Gasteiger partial charge on any atom is 0.252 e. The van der Waals surface area contributed by atoms with E-state index in [1.807, 2.05) is 6.07 Å². The van der Waals surface area contributed by atoms with E-state index in [1.54, 1.807) is 0 Å². The van der Waals surface area contributed by atoms with Crippen LogP contribution in [0.5, 0.6) is 0 Å². The van der Waals surface area contributed by atoms with Crippen LogP contribution in [0, 0.1) is 0 Å². The summed E-state index contributed by atoms with van der Waals surface area (Å²) in [6.45, 7) is 34.2. The van der Waals surface area contributed by atoms with Crippen molar-refractivity contribution in [2.45, 2.75) is 131 Å². The second kappa shape index (κ2) is 25.5. The van der Waals surface area contributed by atoms with E-state index in [2.05, 4.69) is 390 Å². The molecule has 0 unspecified atom stereocenters. The Morgan fingerprint density at radius 1 is 0.266 bits per heavy atom. The smallest absolute Gasteiger partial charge is 0.252 e. The van der Waals surface area contributed by atoms with E-state index in [1.165, 1.54) is 33.0 Å². The quantitative estimate of drug-likeness (QED) is 0.134. The van der Waals surface area contributed by atoms with Gasteiger partial charge in [-0.1, -0.05) is 316 Å². The van der Waals surface area contributed by atoms with Gasteiger partial charge in [-0.3, -0.25) is 0 Å². The Morgan fingerprint density at radius 3 is 1.22 bits per heavy atom. The molecule has 4 heterocycles. The van der Waals surface area contributed by atoms with Crippen LogP contribution in [0.4, 0.5) is 34.1 Å². The monoisotopic (exact) mass is 1420 g/mol. The second-order valence-electron chi connectivity index (χ2n) is 35.5. The molecule has 14 aromatic carbocycles. The first-order valence-electron chi connectivity index (χ1n) is 41.2. The van der Waals surface area contributed by atoms with Gasteiger partial charge in [-0.15, -0.1) is 0 Å². The predicted octanol–water partition coefficient (Wildman–Crippen LogP) is 26.8. The third-order valence-corrected chi connectivity index (χ3v) is 23.1. The number of rotatable bonds is 9. The molecule has 0 N–H and O–H groups in total. The maximum absolute atomic E-state index is 9.78. The first-order valence-corrected chi connectivity index (χ1v) is 38.7. The van der Waals surface area contributed by atoms with E-state index < -0.39 is 12.8 Å². The number of aromatic nitrogens is 2. The normalized spacial score (nSPS) is 13.9. The zero-order valence-corrected chi connectivity index (χ0v) is 65.3. The van der Waals surface area contributed by atoms with E-state index in [-0.39, 0.29) is 56.8 Å². The van der Waals surface area contributed by atoms with Gasteiger partial charge in [0.15, 0.2) is 0 Å². The summed E-state index contributed by atoms with van der Waals surface area (Å²) in [7, 11) is 0. The SMILES string of the molecule is [2H]c1c([2H])c([2H])c(-c2ccc3c(c2)N(c2c(-c4ccccc4)cc(C(C)(C)C)cc2-c2ccccc2)c2cc(-c4cc(C(C)(C)C)cc(C(C)(C)C)c4)cc4c2B3c2ccc(-n3c5ccc(C(C)(C)C)cc5c5cc(C(C)(C)C)ccc53)cc2N4c2c(-c3ccccc3)ccc3c2c2ccccc2n3-c2ccccc2)c([2H])c1[2H]. The molecule has 16 aromatic rings. The van der Waals surface area contributed by atoms with E-state index in [0.717, 1.165) is 145 Å². The first-order chi connectivity index (χ1) is 54.3. The molecule has 0 radical (unpaired) electrons. The van der Waals surface area contributed by atoms with E-state index in [9.17, 15) is 5.48 Å². The molecule has 0 saturated heterocycles. The highest BCUT2D eigenvalue weighted by Gasteiger charge is 2.46. The number of fused-ring (bicyclic) bond motifs is 10. The number of hydrogen-bond acceptors (Lipinski definition) is 2.